The highest BCUT2D eigenvalue weighted by molar-refractivity contribution is 5.92. The van der Waals surface area contributed by atoms with E-state index in [1.54, 1.807) is 7.11 Å². The van der Waals surface area contributed by atoms with Crippen LogP contribution in [0.25, 0.3) is 0 Å². The van der Waals surface area contributed by atoms with Gasteiger partial charge in [-0.1, -0.05) is 36.4 Å². The standard InChI is InChI=1S/C22H26N2O3/c1-15-6-3-4-8-17(15)14-24-22(26)20-13-19(20)21(25)23-11-10-16-7-5-9-18(12-16)27-2/h3-9,12,19-20H,10-11,13-14H2,1-2H3,(H,23,25)(H,24,26). The molecule has 2 aromatic carbocycles. The number of benzene rings is 2. The van der Waals surface area contributed by atoms with Crippen molar-refractivity contribution in [3.8, 4) is 5.75 Å². The number of methoxy groups -OCH3 is 1. The van der Waals surface area contributed by atoms with Gasteiger partial charge in [-0.05, 0) is 48.6 Å². The number of ether oxygens (including phenoxy) is 1. The quantitative estimate of drug-likeness (QED) is 0.755. The Labute approximate surface area is 160 Å². The van der Waals surface area contributed by atoms with E-state index < -0.39 is 0 Å². The van der Waals surface area contributed by atoms with Crippen LogP contribution in [0.15, 0.2) is 48.5 Å². The van der Waals surface area contributed by atoms with Crippen molar-refractivity contribution in [3.63, 3.8) is 0 Å². The van der Waals surface area contributed by atoms with Crippen LogP contribution < -0.4 is 15.4 Å². The van der Waals surface area contributed by atoms with Gasteiger partial charge in [-0.2, -0.15) is 0 Å². The molecule has 5 heteroatoms. The minimum absolute atomic E-state index is 0.0334. The van der Waals surface area contributed by atoms with Gasteiger partial charge in [-0.15, -0.1) is 0 Å². The lowest BCUT2D eigenvalue weighted by Gasteiger charge is -2.08. The molecule has 0 radical (unpaired) electrons. The van der Waals surface area contributed by atoms with Crippen LogP contribution in [-0.2, 0) is 22.6 Å². The Hall–Kier alpha value is -2.82. The lowest BCUT2D eigenvalue weighted by atomic mass is 10.1. The first kappa shape index (κ1) is 19.0. The van der Waals surface area contributed by atoms with E-state index >= 15 is 0 Å². The fourth-order valence-corrected chi connectivity index (χ4v) is 3.19. The van der Waals surface area contributed by atoms with Crippen LogP contribution in [0, 0.1) is 18.8 Å². The molecule has 142 valence electrons. The second-order valence-corrected chi connectivity index (χ2v) is 6.99. The first-order valence-electron chi connectivity index (χ1n) is 9.31. The molecular formula is C22H26N2O3. The van der Waals surface area contributed by atoms with Gasteiger partial charge in [0, 0.05) is 13.1 Å². The summed E-state index contributed by atoms with van der Waals surface area (Å²) in [6.07, 6.45) is 1.37. The predicted octanol–water partition coefficient (Wildman–Crippen LogP) is 2.61. The third kappa shape index (κ3) is 5.09. The van der Waals surface area contributed by atoms with Crippen LogP contribution in [-0.4, -0.2) is 25.5 Å². The van der Waals surface area contributed by atoms with E-state index in [4.69, 9.17) is 4.74 Å². The highest BCUT2D eigenvalue weighted by Crippen LogP contribution is 2.38. The highest BCUT2D eigenvalue weighted by Gasteiger charge is 2.47. The average molecular weight is 366 g/mol. The van der Waals surface area contributed by atoms with Gasteiger partial charge in [0.15, 0.2) is 0 Å². The zero-order chi connectivity index (χ0) is 19.2. The molecule has 2 amide bonds. The average Bonchev–Trinajstić information content (AvgIpc) is 3.48. The van der Waals surface area contributed by atoms with Crippen molar-refractivity contribution in [1.29, 1.82) is 0 Å². The van der Waals surface area contributed by atoms with Crippen molar-refractivity contribution in [1.82, 2.24) is 10.6 Å². The Morgan fingerprint density at radius 3 is 2.52 bits per heavy atom. The van der Waals surface area contributed by atoms with Crippen molar-refractivity contribution in [2.24, 2.45) is 11.8 Å². The maximum Gasteiger partial charge on any atom is 0.224 e. The lowest BCUT2D eigenvalue weighted by molar-refractivity contribution is -0.127. The summed E-state index contributed by atoms with van der Waals surface area (Å²) < 4.78 is 5.20. The van der Waals surface area contributed by atoms with Crippen LogP contribution in [0.2, 0.25) is 0 Å². The molecule has 2 N–H and O–H groups in total. The molecule has 27 heavy (non-hydrogen) atoms. The van der Waals surface area contributed by atoms with Crippen molar-refractivity contribution in [2.75, 3.05) is 13.7 Å². The van der Waals surface area contributed by atoms with Gasteiger partial charge in [0.05, 0.1) is 18.9 Å². The SMILES string of the molecule is COc1cccc(CCNC(=O)C2CC2C(=O)NCc2ccccc2C)c1. The summed E-state index contributed by atoms with van der Waals surface area (Å²) in [7, 11) is 1.64. The molecule has 0 heterocycles. The molecule has 5 nitrogen and oxygen atoms in total. The van der Waals surface area contributed by atoms with Crippen molar-refractivity contribution >= 4 is 11.8 Å². The molecule has 0 bridgehead atoms. The van der Waals surface area contributed by atoms with E-state index in [1.807, 2.05) is 55.5 Å². The molecule has 2 atom stereocenters. The van der Waals surface area contributed by atoms with Gasteiger partial charge in [0.2, 0.25) is 11.8 Å². The molecule has 0 aromatic heterocycles. The molecule has 0 saturated heterocycles. The third-order valence-corrected chi connectivity index (χ3v) is 5.03. The molecule has 2 aromatic rings. The van der Waals surface area contributed by atoms with E-state index in [0.29, 0.717) is 19.5 Å². The molecule has 0 aliphatic heterocycles. The second kappa shape index (κ2) is 8.71. The van der Waals surface area contributed by atoms with Gasteiger partial charge in [-0.3, -0.25) is 9.59 Å². The van der Waals surface area contributed by atoms with E-state index in [2.05, 4.69) is 10.6 Å². The number of amides is 2. The van der Waals surface area contributed by atoms with E-state index in [-0.39, 0.29) is 23.7 Å². The maximum atomic E-state index is 12.3. The van der Waals surface area contributed by atoms with Gasteiger partial charge in [0.25, 0.3) is 0 Å². The normalized spacial score (nSPS) is 17.9. The lowest BCUT2D eigenvalue weighted by Crippen LogP contribution is -2.31. The minimum atomic E-state index is -0.203. The Bertz CT molecular complexity index is 819. The summed E-state index contributed by atoms with van der Waals surface area (Å²) in [6, 6.07) is 15.8. The van der Waals surface area contributed by atoms with E-state index in [9.17, 15) is 9.59 Å². The minimum Gasteiger partial charge on any atom is -0.497 e. The van der Waals surface area contributed by atoms with Crippen LogP contribution in [0.3, 0.4) is 0 Å². The van der Waals surface area contributed by atoms with Gasteiger partial charge >= 0.3 is 0 Å². The third-order valence-electron chi connectivity index (χ3n) is 5.03. The summed E-state index contributed by atoms with van der Waals surface area (Å²) in [5.74, 6) is 0.338. The summed E-state index contributed by atoms with van der Waals surface area (Å²) in [5, 5.41) is 5.89. The first-order valence-corrected chi connectivity index (χ1v) is 9.31. The van der Waals surface area contributed by atoms with Gasteiger partial charge in [0.1, 0.15) is 5.75 Å². The largest absolute Gasteiger partial charge is 0.497 e. The van der Waals surface area contributed by atoms with Crippen LogP contribution in [0.5, 0.6) is 5.75 Å². The molecule has 2 unspecified atom stereocenters. The van der Waals surface area contributed by atoms with Crippen LogP contribution in [0.1, 0.15) is 23.1 Å². The zero-order valence-corrected chi connectivity index (χ0v) is 15.8. The van der Waals surface area contributed by atoms with Gasteiger partial charge < -0.3 is 15.4 Å². The Balaban J connectivity index is 1.39. The number of aryl methyl sites for hydroxylation is 1. The molecular weight excluding hydrogens is 340 g/mol. The number of hydrogen-bond acceptors (Lipinski definition) is 3. The Morgan fingerprint density at radius 1 is 1.04 bits per heavy atom. The number of hydrogen-bond donors (Lipinski definition) is 2. The summed E-state index contributed by atoms with van der Waals surface area (Å²) >= 11 is 0. The number of nitrogens with one attached hydrogen (secondary N) is 2. The van der Waals surface area contributed by atoms with Gasteiger partial charge in [-0.25, -0.2) is 0 Å². The first-order chi connectivity index (χ1) is 13.1. The number of rotatable bonds is 8. The fraction of sp³-hybridized carbons (Fsp3) is 0.364. The second-order valence-electron chi connectivity index (χ2n) is 6.99. The van der Waals surface area contributed by atoms with Crippen molar-refractivity contribution in [3.05, 3.63) is 65.2 Å². The molecule has 3 rings (SSSR count). The number of carbonyl (C=O) groups is 2. The summed E-state index contributed by atoms with van der Waals surface area (Å²) in [5.41, 5.74) is 3.36. The number of carbonyl (C=O) groups excluding carboxylic acids is 2. The maximum absolute atomic E-state index is 12.3. The van der Waals surface area contributed by atoms with Crippen molar-refractivity contribution in [2.45, 2.75) is 26.3 Å². The van der Waals surface area contributed by atoms with Crippen molar-refractivity contribution < 1.29 is 14.3 Å². The molecule has 1 fully saturated rings. The summed E-state index contributed by atoms with van der Waals surface area (Å²) in [6.45, 7) is 3.09. The van der Waals surface area contributed by atoms with E-state index in [0.717, 1.165) is 28.9 Å². The molecule has 0 spiro atoms. The van der Waals surface area contributed by atoms with Crippen LogP contribution in [0.4, 0.5) is 0 Å². The zero-order valence-electron chi connectivity index (χ0n) is 15.8. The Morgan fingerprint density at radius 2 is 1.78 bits per heavy atom. The highest BCUT2D eigenvalue weighted by atomic mass is 16.5. The van der Waals surface area contributed by atoms with Crippen LogP contribution >= 0.6 is 0 Å². The molecule has 1 aliphatic carbocycles. The van der Waals surface area contributed by atoms with E-state index in [1.165, 1.54) is 0 Å². The predicted molar refractivity (Wildman–Crippen MR) is 104 cm³/mol. The summed E-state index contributed by atoms with van der Waals surface area (Å²) in [4.78, 5) is 24.5. The molecule has 1 aliphatic rings. The monoisotopic (exact) mass is 366 g/mol. The molecule has 1 saturated carbocycles. The Kier molecular flexibility index (Phi) is 6.12. The topological polar surface area (TPSA) is 67.4 Å². The smallest absolute Gasteiger partial charge is 0.224 e. The fourth-order valence-electron chi connectivity index (χ4n) is 3.19.